The quantitative estimate of drug-likeness (QED) is 0.354. The van der Waals surface area contributed by atoms with Gasteiger partial charge in [0.2, 0.25) is 5.95 Å². The van der Waals surface area contributed by atoms with Crippen molar-refractivity contribution in [1.29, 1.82) is 0 Å². The first-order valence-corrected chi connectivity index (χ1v) is 15.3. The van der Waals surface area contributed by atoms with Gasteiger partial charge in [0.15, 0.2) is 12.3 Å². The Bertz CT molecular complexity index is 1870. The van der Waals surface area contributed by atoms with Gasteiger partial charge in [0.25, 0.3) is 11.5 Å². The summed E-state index contributed by atoms with van der Waals surface area (Å²) >= 11 is 0. The molecule has 1 aliphatic carbocycles. The summed E-state index contributed by atoms with van der Waals surface area (Å²) in [6.45, 7) is 7.66. The highest BCUT2D eigenvalue weighted by atomic mass is 16.5. The minimum atomic E-state index is -0.163. The lowest BCUT2D eigenvalue weighted by molar-refractivity contribution is -0.121. The first-order valence-electron chi connectivity index (χ1n) is 15.3. The average molecular weight is 578 g/mol. The zero-order chi connectivity index (χ0) is 29.3. The molecule has 43 heavy (non-hydrogen) atoms. The molecule has 5 heterocycles. The molecule has 0 atom stereocenters. The molecular weight excluding hydrogens is 542 g/mol. The van der Waals surface area contributed by atoms with E-state index in [9.17, 15) is 9.59 Å². The van der Waals surface area contributed by atoms with E-state index in [1.807, 2.05) is 29.0 Å². The third-order valence-corrected chi connectivity index (χ3v) is 9.40. The molecule has 10 nitrogen and oxygen atoms in total. The maximum absolute atomic E-state index is 13.6. The molecule has 2 bridgehead atoms. The summed E-state index contributed by atoms with van der Waals surface area (Å²) < 4.78 is 9.25. The molecule has 2 aromatic carbocycles. The molecule has 4 aromatic rings. The number of nitrogens with zero attached hydrogens (tertiary/aromatic N) is 6. The van der Waals surface area contributed by atoms with Crippen LogP contribution in [0.15, 0.2) is 59.5 Å². The Kier molecular flexibility index (Phi) is 5.98. The minimum Gasteiger partial charge on any atom is -0.482 e. The number of rotatable bonds is 3. The predicted molar refractivity (Wildman–Crippen MR) is 166 cm³/mol. The van der Waals surface area contributed by atoms with Gasteiger partial charge < -0.3 is 15.0 Å². The molecule has 1 N–H and O–H groups in total. The maximum Gasteiger partial charge on any atom is 0.278 e. The lowest BCUT2D eigenvalue weighted by Crippen LogP contribution is -2.41. The van der Waals surface area contributed by atoms with Gasteiger partial charge in [-0.2, -0.15) is 4.98 Å². The van der Waals surface area contributed by atoms with Crippen LogP contribution in [0.1, 0.15) is 50.7 Å². The van der Waals surface area contributed by atoms with Crippen LogP contribution in [0.5, 0.6) is 5.75 Å². The molecule has 4 aliphatic rings. The van der Waals surface area contributed by atoms with Crippen molar-refractivity contribution in [3.8, 4) is 11.4 Å². The SMILES string of the molecule is CC(C)N1Cc2ccc(Nc3ncc4c(=O)n5n(c4n3)-c3ccc4c(c3)N(CCC/C=C\C5)C(=O)CO4)cc2C2(CC2)C1. The van der Waals surface area contributed by atoms with E-state index in [2.05, 4.69) is 53.3 Å². The number of amides is 1. The summed E-state index contributed by atoms with van der Waals surface area (Å²) in [5.74, 6) is 1.03. The van der Waals surface area contributed by atoms with Crippen molar-refractivity contribution in [2.24, 2.45) is 0 Å². The second kappa shape index (κ2) is 9.80. The summed E-state index contributed by atoms with van der Waals surface area (Å²) in [5.41, 5.74) is 5.81. The molecule has 0 radical (unpaired) electrons. The summed E-state index contributed by atoms with van der Waals surface area (Å²) in [6.07, 6.45) is 9.75. The number of hydrogen-bond acceptors (Lipinski definition) is 7. The Morgan fingerprint density at radius 2 is 1.95 bits per heavy atom. The Hall–Kier alpha value is -4.44. The van der Waals surface area contributed by atoms with Crippen LogP contribution in [-0.4, -0.2) is 55.9 Å². The number of hydrogen-bond donors (Lipinski definition) is 1. The van der Waals surface area contributed by atoms with E-state index in [1.165, 1.54) is 24.0 Å². The molecule has 0 saturated heterocycles. The zero-order valence-electron chi connectivity index (χ0n) is 24.5. The number of allylic oxidation sites excluding steroid dienone is 2. The molecular formula is C33H35N7O3. The van der Waals surface area contributed by atoms with Gasteiger partial charge in [-0.1, -0.05) is 18.2 Å². The van der Waals surface area contributed by atoms with E-state index in [0.717, 1.165) is 37.3 Å². The van der Waals surface area contributed by atoms with Crippen LogP contribution >= 0.6 is 0 Å². The Morgan fingerprint density at radius 3 is 2.79 bits per heavy atom. The van der Waals surface area contributed by atoms with Gasteiger partial charge in [0.1, 0.15) is 11.1 Å². The third kappa shape index (κ3) is 4.34. The van der Waals surface area contributed by atoms with Gasteiger partial charge in [-0.15, -0.1) is 0 Å². The molecule has 1 amide bonds. The van der Waals surface area contributed by atoms with Crippen LogP contribution in [0.25, 0.3) is 16.7 Å². The highest BCUT2D eigenvalue weighted by Crippen LogP contribution is 2.53. The highest BCUT2D eigenvalue weighted by molar-refractivity contribution is 5.98. The number of benzene rings is 2. The average Bonchev–Trinajstić information content (AvgIpc) is 3.72. The largest absolute Gasteiger partial charge is 0.482 e. The Balaban J connectivity index is 1.21. The fourth-order valence-electron chi connectivity index (χ4n) is 6.85. The molecule has 1 fully saturated rings. The molecule has 3 aliphatic heterocycles. The number of nitrogens with one attached hydrogen (secondary N) is 1. The Labute approximate surface area is 249 Å². The molecule has 0 unspecified atom stereocenters. The summed E-state index contributed by atoms with van der Waals surface area (Å²) in [5, 5.41) is 3.87. The van der Waals surface area contributed by atoms with E-state index in [-0.39, 0.29) is 23.5 Å². The lowest BCUT2D eigenvalue weighted by atomic mass is 9.86. The van der Waals surface area contributed by atoms with Crippen LogP contribution in [0.3, 0.4) is 0 Å². The van der Waals surface area contributed by atoms with E-state index < -0.39 is 0 Å². The molecule has 8 rings (SSSR count). The molecule has 1 spiro atoms. The number of anilines is 3. The molecule has 2 aromatic heterocycles. The van der Waals surface area contributed by atoms with Gasteiger partial charge in [0, 0.05) is 43.0 Å². The van der Waals surface area contributed by atoms with Crippen LogP contribution < -0.4 is 20.5 Å². The van der Waals surface area contributed by atoms with Gasteiger partial charge >= 0.3 is 0 Å². The third-order valence-electron chi connectivity index (χ3n) is 9.40. The summed E-state index contributed by atoms with van der Waals surface area (Å²) in [6, 6.07) is 12.8. The van der Waals surface area contributed by atoms with Crippen LogP contribution in [0.2, 0.25) is 0 Å². The smallest absolute Gasteiger partial charge is 0.278 e. The second-order valence-electron chi connectivity index (χ2n) is 12.5. The van der Waals surface area contributed by atoms with Crippen molar-refractivity contribution >= 4 is 34.3 Å². The van der Waals surface area contributed by atoms with E-state index >= 15 is 0 Å². The standard InChI is InChI=1S/C33H35N7O3/c1-21(2)37-18-22-7-8-23(15-26(22)33(20-37)11-12-33)35-32-34-17-25-30(36-32)40-24-9-10-28-27(16-24)38(29(41)19-43-28)13-5-3-4-6-14-39(40)31(25)42/h4,6-10,15-17,21H,3,5,11-14,18-20H2,1-2H3,(H,34,35,36)/b6-4-. The first kappa shape index (κ1) is 26.2. The van der Waals surface area contributed by atoms with Crippen molar-refractivity contribution < 1.29 is 9.53 Å². The lowest BCUT2D eigenvalue weighted by Gasteiger charge is -2.37. The van der Waals surface area contributed by atoms with Crippen molar-refractivity contribution in [2.75, 3.05) is 29.9 Å². The number of aromatic nitrogens is 4. The van der Waals surface area contributed by atoms with Crippen LogP contribution in [0, 0.1) is 0 Å². The normalized spacial score (nSPS) is 19.8. The summed E-state index contributed by atoms with van der Waals surface area (Å²) in [7, 11) is 0. The van der Waals surface area contributed by atoms with Gasteiger partial charge in [-0.25, -0.2) is 14.3 Å². The minimum absolute atomic E-state index is 0.0292. The molecule has 220 valence electrons. The number of ether oxygens (including phenoxy) is 1. The number of carbonyl (C=O) groups excluding carboxylic acids is 1. The van der Waals surface area contributed by atoms with Gasteiger partial charge in [-0.05, 0) is 81.0 Å². The molecule has 1 saturated carbocycles. The summed E-state index contributed by atoms with van der Waals surface area (Å²) in [4.78, 5) is 40.2. The van der Waals surface area contributed by atoms with Crippen molar-refractivity contribution in [1.82, 2.24) is 24.2 Å². The first-order chi connectivity index (χ1) is 20.9. The van der Waals surface area contributed by atoms with Crippen molar-refractivity contribution in [2.45, 2.75) is 64.1 Å². The van der Waals surface area contributed by atoms with Crippen LogP contribution in [-0.2, 0) is 23.3 Å². The van der Waals surface area contributed by atoms with Crippen LogP contribution in [0.4, 0.5) is 17.3 Å². The second-order valence-corrected chi connectivity index (χ2v) is 12.5. The number of fused-ring (bicyclic) bond motifs is 7. The predicted octanol–water partition coefficient (Wildman–Crippen LogP) is 4.66. The fraction of sp³-hybridized carbons (Fsp3) is 0.394. The van der Waals surface area contributed by atoms with Crippen molar-refractivity contribution in [3.05, 3.63) is 76.2 Å². The van der Waals surface area contributed by atoms with Crippen molar-refractivity contribution in [3.63, 3.8) is 0 Å². The fourth-order valence-corrected chi connectivity index (χ4v) is 6.85. The van der Waals surface area contributed by atoms with Gasteiger partial charge in [-0.3, -0.25) is 14.5 Å². The van der Waals surface area contributed by atoms with E-state index in [4.69, 9.17) is 9.72 Å². The highest BCUT2D eigenvalue weighted by Gasteiger charge is 2.49. The number of carbonyl (C=O) groups is 1. The topological polar surface area (TPSA) is 97.5 Å². The van der Waals surface area contributed by atoms with Gasteiger partial charge in [0.05, 0.1) is 17.9 Å². The monoisotopic (exact) mass is 577 g/mol. The Morgan fingerprint density at radius 1 is 1.07 bits per heavy atom. The maximum atomic E-state index is 13.6. The van der Waals surface area contributed by atoms with E-state index in [0.29, 0.717) is 47.5 Å². The van der Waals surface area contributed by atoms with E-state index in [1.54, 1.807) is 15.8 Å². The molecule has 10 heteroatoms. The zero-order valence-corrected chi connectivity index (χ0v) is 24.5.